The van der Waals surface area contributed by atoms with E-state index in [1.165, 1.54) is 5.56 Å². The SMILES string of the molecule is C#CCCC(NCC)c1ccsc1. The topological polar surface area (TPSA) is 12.0 Å². The number of nitrogens with one attached hydrogen (secondary N) is 1. The van der Waals surface area contributed by atoms with E-state index in [0.29, 0.717) is 6.04 Å². The average Bonchev–Trinajstić information content (AvgIpc) is 2.65. The summed E-state index contributed by atoms with van der Waals surface area (Å²) in [4.78, 5) is 0. The van der Waals surface area contributed by atoms with Crippen LogP contribution in [0.1, 0.15) is 31.4 Å². The number of rotatable bonds is 5. The lowest BCUT2D eigenvalue weighted by Crippen LogP contribution is -2.20. The van der Waals surface area contributed by atoms with Gasteiger partial charge in [-0.15, -0.1) is 12.3 Å². The molecule has 70 valence electrons. The molecule has 0 saturated carbocycles. The average molecular weight is 193 g/mol. The summed E-state index contributed by atoms with van der Waals surface area (Å²) in [6.45, 7) is 3.11. The van der Waals surface area contributed by atoms with E-state index in [4.69, 9.17) is 6.42 Å². The van der Waals surface area contributed by atoms with E-state index >= 15 is 0 Å². The molecule has 0 bridgehead atoms. The molecule has 2 heteroatoms. The van der Waals surface area contributed by atoms with Crippen LogP contribution in [0.4, 0.5) is 0 Å². The summed E-state index contributed by atoms with van der Waals surface area (Å²) in [6.07, 6.45) is 7.12. The number of hydrogen-bond donors (Lipinski definition) is 1. The van der Waals surface area contributed by atoms with Gasteiger partial charge in [0.25, 0.3) is 0 Å². The first kappa shape index (κ1) is 10.3. The Morgan fingerprint density at radius 3 is 3.08 bits per heavy atom. The normalized spacial score (nSPS) is 12.3. The molecular formula is C11H15NS. The molecule has 0 radical (unpaired) electrons. The monoisotopic (exact) mass is 193 g/mol. The molecule has 1 N–H and O–H groups in total. The van der Waals surface area contributed by atoms with E-state index in [-0.39, 0.29) is 0 Å². The molecule has 0 spiro atoms. The van der Waals surface area contributed by atoms with Gasteiger partial charge in [-0.2, -0.15) is 11.3 Å². The van der Waals surface area contributed by atoms with Crippen molar-refractivity contribution in [1.82, 2.24) is 5.32 Å². The third-order valence-electron chi connectivity index (χ3n) is 1.97. The Hall–Kier alpha value is -0.780. The first-order valence-corrected chi connectivity index (χ1v) is 5.51. The quantitative estimate of drug-likeness (QED) is 0.709. The third-order valence-corrected chi connectivity index (χ3v) is 2.67. The maximum absolute atomic E-state index is 5.25. The molecular weight excluding hydrogens is 178 g/mol. The van der Waals surface area contributed by atoms with Crippen molar-refractivity contribution >= 4 is 11.3 Å². The zero-order chi connectivity index (χ0) is 9.52. The highest BCUT2D eigenvalue weighted by atomic mass is 32.1. The molecule has 0 saturated heterocycles. The van der Waals surface area contributed by atoms with Crippen LogP contribution in [0.3, 0.4) is 0 Å². The van der Waals surface area contributed by atoms with E-state index in [1.807, 2.05) is 0 Å². The van der Waals surface area contributed by atoms with E-state index < -0.39 is 0 Å². The molecule has 1 heterocycles. The van der Waals surface area contributed by atoms with E-state index in [1.54, 1.807) is 11.3 Å². The third kappa shape index (κ3) is 3.22. The Balaban J connectivity index is 2.53. The molecule has 0 aliphatic heterocycles. The van der Waals surface area contributed by atoms with Crippen molar-refractivity contribution in [2.75, 3.05) is 6.54 Å². The van der Waals surface area contributed by atoms with Crippen molar-refractivity contribution in [3.05, 3.63) is 22.4 Å². The molecule has 0 fully saturated rings. The fourth-order valence-corrected chi connectivity index (χ4v) is 2.05. The summed E-state index contributed by atoms with van der Waals surface area (Å²) in [6, 6.07) is 2.60. The summed E-state index contributed by atoms with van der Waals surface area (Å²) < 4.78 is 0. The first-order valence-electron chi connectivity index (χ1n) is 4.57. The van der Waals surface area contributed by atoms with Crippen LogP contribution in [0.15, 0.2) is 16.8 Å². The molecule has 1 atom stereocenters. The molecule has 1 aromatic heterocycles. The van der Waals surface area contributed by atoms with Gasteiger partial charge in [-0.25, -0.2) is 0 Å². The smallest absolute Gasteiger partial charge is 0.0337 e. The van der Waals surface area contributed by atoms with E-state index in [0.717, 1.165) is 19.4 Å². The van der Waals surface area contributed by atoms with Gasteiger partial charge in [0.15, 0.2) is 0 Å². The Bertz CT molecular complexity index is 258. The number of thiophene rings is 1. The van der Waals surface area contributed by atoms with Crippen molar-refractivity contribution in [2.45, 2.75) is 25.8 Å². The maximum atomic E-state index is 5.25. The second-order valence-corrected chi connectivity index (χ2v) is 3.69. The predicted octanol–water partition coefficient (Wildman–Crippen LogP) is 2.81. The van der Waals surface area contributed by atoms with Gasteiger partial charge in [0.1, 0.15) is 0 Å². The lowest BCUT2D eigenvalue weighted by atomic mass is 10.1. The van der Waals surface area contributed by atoms with Crippen molar-refractivity contribution < 1.29 is 0 Å². The Kier molecular flexibility index (Phi) is 4.59. The highest BCUT2D eigenvalue weighted by molar-refractivity contribution is 7.07. The molecule has 1 nitrogen and oxygen atoms in total. The molecule has 1 rings (SSSR count). The second-order valence-electron chi connectivity index (χ2n) is 2.91. The van der Waals surface area contributed by atoms with Crippen molar-refractivity contribution in [3.8, 4) is 12.3 Å². The summed E-state index contributed by atoms with van der Waals surface area (Å²) in [5.74, 6) is 2.68. The highest BCUT2D eigenvalue weighted by Gasteiger charge is 2.08. The van der Waals surface area contributed by atoms with Crippen LogP contribution in [-0.4, -0.2) is 6.54 Å². The van der Waals surface area contributed by atoms with Crippen molar-refractivity contribution in [1.29, 1.82) is 0 Å². The minimum Gasteiger partial charge on any atom is -0.310 e. The van der Waals surface area contributed by atoms with Crippen LogP contribution in [0.2, 0.25) is 0 Å². The van der Waals surface area contributed by atoms with Gasteiger partial charge in [-0.1, -0.05) is 6.92 Å². The Labute approximate surface area is 84.2 Å². The lowest BCUT2D eigenvalue weighted by Gasteiger charge is -2.14. The number of hydrogen-bond acceptors (Lipinski definition) is 2. The summed E-state index contributed by atoms with van der Waals surface area (Å²) in [5, 5.41) is 7.72. The van der Waals surface area contributed by atoms with Crippen LogP contribution < -0.4 is 5.32 Å². The molecule has 0 aromatic carbocycles. The van der Waals surface area contributed by atoms with Crippen LogP contribution in [0, 0.1) is 12.3 Å². The van der Waals surface area contributed by atoms with Crippen molar-refractivity contribution in [3.63, 3.8) is 0 Å². The minimum atomic E-state index is 0.437. The summed E-state index contributed by atoms with van der Waals surface area (Å²) in [7, 11) is 0. The van der Waals surface area contributed by atoms with E-state index in [9.17, 15) is 0 Å². The summed E-state index contributed by atoms with van der Waals surface area (Å²) in [5.41, 5.74) is 1.36. The fraction of sp³-hybridized carbons (Fsp3) is 0.455. The van der Waals surface area contributed by atoms with E-state index in [2.05, 4.69) is 35.0 Å². The van der Waals surface area contributed by atoms with Gasteiger partial charge in [0, 0.05) is 12.5 Å². The van der Waals surface area contributed by atoms with Crippen LogP contribution in [-0.2, 0) is 0 Å². The molecule has 13 heavy (non-hydrogen) atoms. The zero-order valence-corrected chi connectivity index (χ0v) is 8.73. The molecule has 1 unspecified atom stereocenters. The van der Waals surface area contributed by atoms with Gasteiger partial charge in [-0.05, 0) is 35.4 Å². The van der Waals surface area contributed by atoms with Gasteiger partial charge in [-0.3, -0.25) is 0 Å². The van der Waals surface area contributed by atoms with Crippen LogP contribution in [0.5, 0.6) is 0 Å². The molecule has 1 aromatic rings. The van der Waals surface area contributed by atoms with Crippen molar-refractivity contribution in [2.24, 2.45) is 0 Å². The van der Waals surface area contributed by atoms with Crippen LogP contribution in [0.25, 0.3) is 0 Å². The highest BCUT2D eigenvalue weighted by Crippen LogP contribution is 2.20. The lowest BCUT2D eigenvalue weighted by molar-refractivity contribution is 0.524. The second kappa shape index (κ2) is 5.80. The van der Waals surface area contributed by atoms with Gasteiger partial charge in [0.2, 0.25) is 0 Å². The molecule has 0 aliphatic rings. The summed E-state index contributed by atoms with van der Waals surface area (Å²) >= 11 is 1.74. The predicted molar refractivity (Wildman–Crippen MR) is 58.8 cm³/mol. The number of terminal acetylenes is 1. The van der Waals surface area contributed by atoms with Gasteiger partial charge in [0.05, 0.1) is 0 Å². The standard InChI is InChI=1S/C11H15NS/c1-3-5-6-11(12-4-2)10-7-8-13-9-10/h1,7-9,11-12H,4-6H2,2H3. The fourth-order valence-electron chi connectivity index (χ4n) is 1.33. The van der Waals surface area contributed by atoms with Gasteiger partial charge < -0.3 is 5.32 Å². The minimum absolute atomic E-state index is 0.437. The van der Waals surface area contributed by atoms with Gasteiger partial charge >= 0.3 is 0 Å². The Morgan fingerprint density at radius 1 is 1.69 bits per heavy atom. The maximum Gasteiger partial charge on any atom is 0.0337 e. The molecule has 0 amide bonds. The first-order chi connectivity index (χ1) is 6.38. The Morgan fingerprint density at radius 2 is 2.54 bits per heavy atom. The van der Waals surface area contributed by atoms with Crippen LogP contribution >= 0.6 is 11.3 Å². The largest absolute Gasteiger partial charge is 0.310 e. The zero-order valence-electron chi connectivity index (χ0n) is 7.92. The molecule has 0 aliphatic carbocycles.